The minimum absolute atomic E-state index is 0.0164. The number of nitrogens with zero attached hydrogens (tertiary/aromatic N) is 3. The van der Waals surface area contributed by atoms with Crippen LogP contribution >= 0.6 is 0 Å². The van der Waals surface area contributed by atoms with Gasteiger partial charge in [-0.05, 0) is 170 Å². The van der Waals surface area contributed by atoms with Crippen LogP contribution in [0.2, 0.25) is 0 Å². The minimum Gasteiger partial charge on any atom is -0.334 e. The topological polar surface area (TPSA) is 9.72 Å². The molecular weight excluding hydrogens is 846 g/mol. The van der Waals surface area contributed by atoms with E-state index in [4.69, 9.17) is 0 Å². The molecule has 70 heavy (non-hydrogen) atoms. The Kier molecular flexibility index (Phi) is 9.54. The molecule has 1 saturated carbocycles. The monoisotopic (exact) mass is 918 g/mol. The van der Waals surface area contributed by atoms with E-state index in [2.05, 4.69) is 245 Å². The van der Waals surface area contributed by atoms with E-state index in [1.165, 1.54) is 131 Å². The normalized spacial score (nSPS) is 20.6. The number of aryl methyl sites for hydroxylation is 1. The van der Waals surface area contributed by atoms with Crippen LogP contribution in [0.4, 0.5) is 45.5 Å². The molecule has 1 fully saturated rings. The highest BCUT2D eigenvalue weighted by molar-refractivity contribution is 7.00. The molecule has 354 valence electrons. The molecule has 0 amide bonds. The standard InChI is InChI=1S/C66H72BN3/c1-41-34-58-60-59(35-41)69(46-26-28-51-49(39-46)48-22-15-16-23-50(48)64(51,11)12)56-38-44(63(8,9)10)24-29-53(56)67(60)54-30-27-47(40-57(54)68(58)45-21-19-20-42(36-45)61(2,3)4)70-55-31-25-43(62(5,6)7)37-52(55)65(13)32-17-18-33-66(65,70)14/h15-16,19-31,34-40H,17-18,32-33H2,1-14H3. The van der Waals surface area contributed by atoms with E-state index in [0.717, 1.165) is 6.42 Å². The highest BCUT2D eigenvalue weighted by atomic mass is 15.3. The van der Waals surface area contributed by atoms with Crippen LogP contribution in [0.15, 0.2) is 133 Å². The maximum Gasteiger partial charge on any atom is 0.252 e. The predicted molar refractivity (Wildman–Crippen MR) is 302 cm³/mol. The molecule has 2 aliphatic carbocycles. The van der Waals surface area contributed by atoms with Crippen LogP contribution in [0.25, 0.3) is 11.1 Å². The first kappa shape index (κ1) is 45.2. The predicted octanol–water partition coefficient (Wildman–Crippen LogP) is 16.0. The van der Waals surface area contributed by atoms with Gasteiger partial charge < -0.3 is 14.7 Å². The zero-order valence-corrected chi connectivity index (χ0v) is 44.4. The van der Waals surface area contributed by atoms with Gasteiger partial charge in [-0.1, -0.05) is 169 Å². The molecule has 3 heterocycles. The number of hydrogen-bond donors (Lipinski definition) is 0. The molecular formula is C66H72BN3. The molecule has 0 radical (unpaired) electrons. The van der Waals surface area contributed by atoms with Crippen molar-refractivity contribution in [3.05, 3.63) is 172 Å². The number of anilines is 8. The second kappa shape index (κ2) is 14.8. The fraction of sp³-hybridized carbons (Fsp3) is 0.364. The number of hydrogen-bond acceptors (Lipinski definition) is 3. The van der Waals surface area contributed by atoms with E-state index in [0.29, 0.717) is 0 Å². The Bertz CT molecular complexity index is 3330. The quantitative estimate of drug-likeness (QED) is 0.164. The largest absolute Gasteiger partial charge is 0.334 e. The lowest BCUT2D eigenvalue weighted by molar-refractivity contribution is 0.195. The van der Waals surface area contributed by atoms with Gasteiger partial charge in [-0.3, -0.25) is 0 Å². The summed E-state index contributed by atoms with van der Waals surface area (Å²) in [7, 11) is 0. The van der Waals surface area contributed by atoms with Gasteiger partial charge in [0.1, 0.15) is 0 Å². The van der Waals surface area contributed by atoms with E-state index >= 15 is 0 Å². The summed E-state index contributed by atoms with van der Waals surface area (Å²) in [5, 5.41) is 0. The van der Waals surface area contributed by atoms with Crippen LogP contribution < -0.4 is 31.1 Å². The summed E-state index contributed by atoms with van der Waals surface area (Å²) in [6, 6.07) is 53.3. The molecule has 2 atom stereocenters. The lowest BCUT2D eigenvalue weighted by atomic mass is 9.33. The Balaban J connectivity index is 1.13. The van der Waals surface area contributed by atoms with Gasteiger partial charge in [0, 0.05) is 56.3 Å². The Labute approximate surface area is 420 Å². The SMILES string of the molecule is Cc1cc2c3c(c1)N(c1ccc4c(c1)-c1ccccc1C4(C)C)c1cc(C(C)(C)C)ccc1B3c1ccc(N3c4ccc(C(C)(C)C)cc4C4(C)CCCCC34C)cc1N2c1cccc(C(C)(C)C)c1. The molecule has 5 aliphatic rings. The second-order valence-electron chi connectivity index (χ2n) is 25.9. The molecule has 7 aromatic carbocycles. The van der Waals surface area contributed by atoms with Crippen molar-refractivity contribution in [3.8, 4) is 11.1 Å². The molecule has 0 spiro atoms. The van der Waals surface area contributed by atoms with Crippen molar-refractivity contribution >= 4 is 68.6 Å². The van der Waals surface area contributed by atoms with Crippen LogP contribution in [-0.2, 0) is 27.1 Å². The van der Waals surface area contributed by atoms with E-state index in [-0.39, 0.29) is 39.3 Å². The second-order valence-corrected chi connectivity index (χ2v) is 25.9. The lowest BCUT2D eigenvalue weighted by Crippen LogP contribution is -2.61. The van der Waals surface area contributed by atoms with Gasteiger partial charge in [-0.25, -0.2) is 0 Å². The van der Waals surface area contributed by atoms with Crippen LogP contribution in [0, 0.1) is 6.92 Å². The molecule has 3 aliphatic heterocycles. The summed E-state index contributed by atoms with van der Waals surface area (Å²) in [6.45, 7) is 33.4. The van der Waals surface area contributed by atoms with Crippen LogP contribution in [0.1, 0.15) is 155 Å². The fourth-order valence-corrected chi connectivity index (χ4v) is 13.8. The van der Waals surface area contributed by atoms with Crippen molar-refractivity contribution in [1.29, 1.82) is 0 Å². The van der Waals surface area contributed by atoms with Gasteiger partial charge in [-0.15, -0.1) is 0 Å². The zero-order valence-electron chi connectivity index (χ0n) is 44.4. The highest BCUT2D eigenvalue weighted by Gasteiger charge is 2.58. The summed E-state index contributed by atoms with van der Waals surface area (Å²) in [5.41, 5.74) is 26.5. The van der Waals surface area contributed by atoms with Crippen molar-refractivity contribution in [2.24, 2.45) is 0 Å². The first-order valence-electron chi connectivity index (χ1n) is 26.3. The minimum atomic E-state index is -0.0709. The van der Waals surface area contributed by atoms with Crippen molar-refractivity contribution in [1.82, 2.24) is 0 Å². The molecule has 2 unspecified atom stereocenters. The third-order valence-corrected chi connectivity index (χ3v) is 18.1. The van der Waals surface area contributed by atoms with Gasteiger partial charge in [0.2, 0.25) is 0 Å². The molecule has 3 nitrogen and oxygen atoms in total. The van der Waals surface area contributed by atoms with E-state index in [1.807, 2.05) is 0 Å². The fourth-order valence-electron chi connectivity index (χ4n) is 13.8. The molecule has 0 N–H and O–H groups in total. The Morgan fingerprint density at radius 2 is 1.01 bits per heavy atom. The molecule has 4 heteroatoms. The third-order valence-electron chi connectivity index (χ3n) is 18.1. The molecule has 0 aromatic heterocycles. The summed E-state index contributed by atoms with van der Waals surface area (Å²) in [5.74, 6) is 0. The molecule has 0 bridgehead atoms. The summed E-state index contributed by atoms with van der Waals surface area (Å²) < 4.78 is 0. The molecule has 0 saturated heterocycles. The van der Waals surface area contributed by atoms with Crippen LogP contribution in [-0.4, -0.2) is 12.3 Å². The number of benzene rings is 7. The van der Waals surface area contributed by atoms with Gasteiger partial charge >= 0.3 is 0 Å². The maximum absolute atomic E-state index is 2.79. The zero-order chi connectivity index (χ0) is 49.2. The highest BCUT2D eigenvalue weighted by Crippen LogP contribution is 2.62. The first-order chi connectivity index (χ1) is 33.0. The molecule has 12 rings (SSSR count). The Morgan fingerprint density at radius 1 is 0.443 bits per heavy atom. The van der Waals surface area contributed by atoms with Crippen LogP contribution in [0.5, 0.6) is 0 Å². The average molecular weight is 918 g/mol. The van der Waals surface area contributed by atoms with Crippen molar-refractivity contribution in [2.75, 3.05) is 14.7 Å². The Hall–Kier alpha value is -6.00. The van der Waals surface area contributed by atoms with Gasteiger partial charge in [0.05, 0.1) is 5.54 Å². The van der Waals surface area contributed by atoms with Gasteiger partial charge in [0.25, 0.3) is 6.71 Å². The van der Waals surface area contributed by atoms with Gasteiger partial charge in [-0.2, -0.15) is 0 Å². The van der Waals surface area contributed by atoms with Crippen LogP contribution in [0.3, 0.4) is 0 Å². The lowest BCUT2D eigenvalue weighted by Gasteiger charge is -2.50. The molecule has 7 aromatic rings. The van der Waals surface area contributed by atoms with E-state index < -0.39 is 0 Å². The van der Waals surface area contributed by atoms with Crippen molar-refractivity contribution in [2.45, 2.75) is 155 Å². The van der Waals surface area contributed by atoms with E-state index in [1.54, 1.807) is 0 Å². The van der Waals surface area contributed by atoms with Gasteiger partial charge in [0.15, 0.2) is 0 Å². The third kappa shape index (κ3) is 6.33. The summed E-state index contributed by atoms with van der Waals surface area (Å²) >= 11 is 0. The Morgan fingerprint density at radius 3 is 1.71 bits per heavy atom. The number of rotatable bonds is 3. The van der Waals surface area contributed by atoms with E-state index in [9.17, 15) is 0 Å². The van der Waals surface area contributed by atoms with Crippen molar-refractivity contribution < 1.29 is 0 Å². The smallest absolute Gasteiger partial charge is 0.252 e. The van der Waals surface area contributed by atoms with Crippen molar-refractivity contribution in [3.63, 3.8) is 0 Å². The first-order valence-corrected chi connectivity index (χ1v) is 26.3. The summed E-state index contributed by atoms with van der Waals surface area (Å²) in [4.78, 5) is 8.06. The summed E-state index contributed by atoms with van der Waals surface area (Å²) in [6.07, 6.45) is 4.88. The average Bonchev–Trinajstić information content (AvgIpc) is 3.66. The maximum atomic E-state index is 2.79. The number of fused-ring (bicyclic) bond motifs is 10.